The van der Waals surface area contributed by atoms with Crippen LogP contribution < -0.4 is 9.62 Å². The fourth-order valence-electron chi connectivity index (χ4n) is 3.17. The van der Waals surface area contributed by atoms with E-state index >= 15 is 0 Å². The normalized spacial score (nSPS) is 10.4. The molecule has 0 aliphatic carbocycles. The van der Waals surface area contributed by atoms with E-state index in [1.807, 2.05) is 55.5 Å². The Hall–Kier alpha value is -3.67. The quantitative estimate of drug-likeness (QED) is 0.335. The summed E-state index contributed by atoms with van der Waals surface area (Å²) in [6, 6.07) is 25.3. The Kier molecular flexibility index (Phi) is 7.35. The lowest BCUT2D eigenvalue weighted by atomic mass is 10.2. The minimum Gasteiger partial charge on any atom is -0.313 e. The fraction of sp³-hybridized carbons (Fsp3) is 0.120. The first kappa shape index (κ1) is 22.5. The summed E-state index contributed by atoms with van der Waals surface area (Å²) in [5.41, 5.74) is 3.93. The van der Waals surface area contributed by atoms with E-state index in [1.165, 1.54) is 23.3 Å². The molecule has 4 aromatic rings. The molecule has 0 unspecified atom stereocenters. The van der Waals surface area contributed by atoms with Gasteiger partial charge in [-0.05, 0) is 60.8 Å². The van der Waals surface area contributed by atoms with Gasteiger partial charge in [0.2, 0.25) is 0 Å². The van der Waals surface area contributed by atoms with Crippen molar-refractivity contribution in [1.29, 1.82) is 5.26 Å². The Bertz CT molecular complexity index is 1250. The summed E-state index contributed by atoms with van der Waals surface area (Å²) in [5.74, 6) is 0.351. The van der Waals surface area contributed by atoms with Crippen molar-refractivity contribution < 1.29 is 4.79 Å². The van der Waals surface area contributed by atoms with Gasteiger partial charge in [0, 0.05) is 16.8 Å². The number of nitriles is 1. The summed E-state index contributed by atoms with van der Waals surface area (Å²) in [5, 5.41) is 9.86. The molecule has 4 rings (SSSR count). The zero-order chi connectivity index (χ0) is 23.0. The van der Waals surface area contributed by atoms with Crippen molar-refractivity contribution in [2.45, 2.75) is 19.2 Å². The van der Waals surface area contributed by atoms with Gasteiger partial charge in [0.05, 0.1) is 29.6 Å². The average molecular weight is 472 g/mol. The molecular weight excluding hydrogens is 450 g/mol. The van der Waals surface area contributed by atoms with Crippen molar-refractivity contribution in [3.63, 3.8) is 0 Å². The molecule has 2 aromatic carbocycles. The zero-order valence-corrected chi connectivity index (χ0v) is 19.6. The molecule has 6 nitrogen and oxygen atoms in total. The average Bonchev–Trinajstić information content (AvgIpc) is 3.25. The molecule has 0 bridgehead atoms. The summed E-state index contributed by atoms with van der Waals surface area (Å²) in [6.07, 6.45) is 1.74. The lowest BCUT2D eigenvalue weighted by Crippen LogP contribution is -2.19. The number of hydrogen-bond donors (Lipinski definition) is 1. The van der Waals surface area contributed by atoms with Crippen LogP contribution in [0.2, 0.25) is 0 Å². The molecule has 2 aromatic heterocycles. The minimum absolute atomic E-state index is 0.226. The highest BCUT2D eigenvalue weighted by Gasteiger charge is 2.20. The first-order valence-corrected chi connectivity index (χ1v) is 12.1. The molecule has 0 saturated carbocycles. The van der Waals surface area contributed by atoms with E-state index in [0.717, 1.165) is 27.0 Å². The van der Waals surface area contributed by atoms with E-state index in [2.05, 4.69) is 37.8 Å². The molecule has 164 valence electrons. The van der Waals surface area contributed by atoms with Gasteiger partial charge < -0.3 is 4.90 Å². The van der Waals surface area contributed by atoms with Gasteiger partial charge in [-0.15, -0.1) is 11.3 Å². The van der Waals surface area contributed by atoms with Crippen LogP contribution in [0.1, 0.15) is 32.2 Å². The van der Waals surface area contributed by atoms with Crippen molar-refractivity contribution in [1.82, 2.24) is 14.7 Å². The van der Waals surface area contributed by atoms with Crippen LogP contribution >= 0.6 is 23.3 Å². The topological polar surface area (TPSA) is 81.9 Å². The fourth-order valence-corrected chi connectivity index (χ4v) is 4.71. The molecule has 0 aliphatic rings. The Balaban J connectivity index is 1.55. The highest BCUT2D eigenvalue weighted by atomic mass is 32.2. The van der Waals surface area contributed by atoms with Gasteiger partial charge in [0.25, 0.3) is 5.91 Å². The maximum absolute atomic E-state index is 12.8. The Morgan fingerprint density at radius 3 is 2.55 bits per heavy atom. The predicted octanol–water partition coefficient (Wildman–Crippen LogP) is 5.63. The van der Waals surface area contributed by atoms with Crippen molar-refractivity contribution in [2.24, 2.45) is 0 Å². The monoisotopic (exact) mass is 471 g/mol. The summed E-state index contributed by atoms with van der Waals surface area (Å²) >= 11 is 2.77. The molecule has 0 atom stereocenters. The van der Waals surface area contributed by atoms with E-state index in [0.29, 0.717) is 23.6 Å². The number of rotatable bonds is 8. The Morgan fingerprint density at radius 2 is 1.85 bits per heavy atom. The second kappa shape index (κ2) is 10.8. The molecule has 2 heterocycles. The van der Waals surface area contributed by atoms with Crippen molar-refractivity contribution in [3.8, 4) is 6.07 Å². The zero-order valence-electron chi connectivity index (χ0n) is 17.9. The van der Waals surface area contributed by atoms with Gasteiger partial charge in [-0.1, -0.05) is 36.4 Å². The number of aromatic nitrogens is 2. The number of nitrogens with zero attached hydrogens (tertiary/aromatic N) is 4. The van der Waals surface area contributed by atoms with E-state index in [1.54, 1.807) is 18.3 Å². The Morgan fingerprint density at radius 1 is 1.09 bits per heavy atom. The number of pyridine rings is 1. The van der Waals surface area contributed by atoms with Crippen LogP contribution in [0.5, 0.6) is 0 Å². The van der Waals surface area contributed by atoms with Crippen LogP contribution in [-0.2, 0) is 12.3 Å². The van der Waals surface area contributed by atoms with E-state index in [9.17, 15) is 4.79 Å². The van der Waals surface area contributed by atoms with Crippen LogP contribution in [0.25, 0.3) is 0 Å². The number of nitrogens with one attached hydrogen (secondary N) is 1. The van der Waals surface area contributed by atoms with Gasteiger partial charge in [0.15, 0.2) is 5.13 Å². The van der Waals surface area contributed by atoms with Gasteiger partial charge in [-0.3, -0.25) is 14.5 Å². The maximum atomic E-state index is 12.8. The van der Waals surface area contributed by atoms with Crippen LogP contribution in [0.4, 0.5) is 10.8 Å². The number of anilines is 2. The van der Waals surface area contributed by atoms with Crippen LogP contribution in [0, 0.1) is 18.3 Å². The second-order valence-corrected chi connectivity index (χ2v) is 9.14. The number of benzene rings is 2. The smallest absolute Gasteiger partial charge is 0.280 e. The molecule has 1 amide bonds. The van der Waals surface area contributed by atoms with Crippen molar-refractivity contribution >= 4 is 40.0 Å². The Labute approximate surface area is 201 Å². The van der Waals surface area contributed by atoms with Crippen LogP contribution in [0.3, 0.4) is 0 Å². The summed E-state index contributed by atoms with van der Waals surface area (Å²) in [7, 11) is 0. The predicted molar refractivity (Wildman–Crippen MR) is 133 cm³/mol. The first-order chi connectivity index (χ1) is 16.1. The molecule has 0 aliphatic heterocycles. The van der Waals surface area contributed by atoms with Crippen molar-refractivity contribution in [2.75, 3.05) is 4.90 Å². The highest BCUT2D eigenvalue weighted by molar-refractivity contribution is 7.97. The number of hydrogen-bond acceptors (Lipinski definition) is 7. The molecule has 0 saturated heterocycles. The summed E-state index contributed by atoms with van der Waals surface area (Å²) < 4.78 is 2.87. The highest BCUT2D eigenvalue weighted by Crippen LogP contribution is 2.33. The van der Waals surface area contributed by atoms with E-state index < -0.39 is 0 Å². The third-order valence-electron chi connectivity index (χ3n) is 4.83. The third kappa shape index (κ3) is 5.77. The van der Waals surface area contributed by atoms with Gasteiger partial charge in [0.1, 0.15) is 5.69 Å². The third-order valence-corrected chi connectivity index (χ3v) is 6.60. The number of carbonyl (C=O) groups is 1. The largest absolute Gasteiger partial charge is 0.313 e. The molecule has 0 fully saturated rings. The number of aryl methyl sites for hydroxylation is 1. The maximum Gasteiger partial charge on any atom is 0.280 e. The SMILES string of the molecule is Cc1sc(N(Cc2ccccc2)c2ccc(C#N)cc2)nc1C(=O)NSCc1ccccn1. The van der Waals surface area contributed by atoms with E-state index in [-0.39, 0.29) is 5.91 Å². The van der Waals surface area contributed by atoms with Gasteiger partial charge in [-0.2, -0.15) is 5.26 Å². The molecule has 8 heteroatoms. The lowest BCUT2D eigenvalue weighted by molar-refractivity contribution is 0.0979. The number of amides is 1. The molecule has 1 N–H and O–H groups in total. The van der Waals surface area contributed by atoms with Gasteiger partial charge in [-0.25, -0.2) is 4.98 Å². The number of thiazole rings is 1. The second-order valence-electron chi connectivity index (χ2n) is 7.17. The number of carbonyl (C=O) groups excluding carboxylic acids is 1. The molecule has 0 spiro atoms. The van der Waals surface area contributed by atoms with Gasteiger partial charge >= 0.3 is 0 Å². The molecule has 0 radical (unpaired) electrons. The minimum atomic E-state index is -0.226. The van der Waals surface area contributed by atoms with Crippen molar-refractivity contribution in [3.05, 3.63) is 106 Å². The van der Waals surface area contributed by atoms with Crippen LogP contribution in [-0.4, -0.2) is 15.9 Å². The molecule has 33 heavy (non-hydrogen) atoms. The summed E-state index contributed by atoms with van der Waals surface area (Å²) in [4.78, 5) is 24.7. The van der Waals surface area contributed by atoms with Crippen LogP contribution in [0.15, 0.2) is 79.0 Å². The van der Waals surface area contributed by atoms with E-state index in [4.69, 9.17) is 5.26 Å². The summed E-state index contributed by atoms with van der Waals surface area (Å²) in [6.45, 7) is 2.49. The first-order valence-electron chi connectivity index (χ1n) is 10.2. The lowest BCUT2D eigenvalue weighted by Gasteiger charge is -2.22. The standard InChI is InChI=1S/C25H21N5OS2/c1-18-23(24(31)29-32-17-21-9-5-6-14-27-21)28-25(33-18)30(16-20-7-3-2-4-8-20)22-12-10-19(15-26)11-13-22/h2-14H,16-17H2,1H3,(H,29,31). The molecular formula is C25H21N5OS2.